The first-order valence-corrected chi connectivity index (χ1v) is 18.1. The number of carbonyl (C=O) groups excluding carboxylic acids is 2. The van der Waals surface area contributed by atoms with Crippen molar-refractivity contribution >= 4 is 28.5 Å². The number of aryl methyl sites for hydroxylation is 1. The number of aromatic nitrogens is 3. The molecule has 2 saturated heterocycles. The standard InChI is InChI=1S/C41H38F6N6O2/c1-22(28-7-4-8-31(37(28)42)38(43)44)49-39-32-19-34(48-20-35(32)50-23(2)51-39)27-6-3-5-24(17-27)21-53-15-13-25(14-16-53)29-10-9-26(18-33(29)41(45,46)47)30-11-12-36(54)52-40(30)55/h3-10,17-20,22,25,30,38H,11-16,21H2,1-2H3,(H,49,50,51)(H,52,54,55). The summed E-state index contributed by atoms with van der Waals surface area (Å²) in [6.07, 6.45) is -4.62. The lowest BCUT2D eigenvalue weighted by Crippen LogP contribution is -2.39. The van der Waals surface area contributed by atoms with Crippen molar-refractivity contribution in [2.24, 2.45) is 0 Å². The highest BCUT2D eigenvalue weighted by molar-refractivity contribution is 6.01. The summed E-state index contributed by atoms with van der Waals surface area (Å²) in [5, 5.41) is 6.02. The number of halogens is 6. The molecular weight excluding hydrogens is 722 g/mol. The molecule has 2 atom stereocenters. The molecule has 0 saturated carbocycles. The second kappa shape index (κ2) is 15.4. The largest absolute Gasteiger partial charge is 0.416 e. The van der Waals surface area contributed by atoms with Crippen molar-refractivity contribution in [1.29, 1.82) is 0 Å². The number of anilines is 1. The number of piperidine rings is 2. The van der Waals surface area contributed by atoms with Gasteiger partial charge in [0.1, 0.15) is 17.5 Å². The van der Waals surface area contributed by atoms with E-state index < -0.39 is 53.3 Å². The van der Waals surface area contributed by atoms with Gasteiger partial charge in [-0.05, 0) is 87.0 Å². The van der Waals surface area contributed by atoms with E-state index in [0.29, 0.717) is 60.7 Å². The van der Waals surface area contributed by atoms with Crippen LogP contribution in [0.4, 0.5) is 32.2 Å². The van der Waals surface area contributed by atoms with Crippen molar-refractivity contribution in [3.8, 4) is 11.3 Å². The van der Waals surface area contributed by atoms with Crippen molar-refractivity contribution in [1.82, 2.24) is 25.2 Å². The molecule has 55 heavy (non-hydrogen) atoms. The number of alkyl halides is 5. The summed E-state index contributed by atoms with van der Waals surface area (Å²) in [5.41, 5.74) is 2.15. The van der Waals surface area contributed by atoms with E-state index in [0.717, 1.165) is 23.3 Å². The molecule has 286 valence electrons. The highest BCUT2D eigenvalue weighted by atomic mass is 19.4. The molecule has 2 fully saturated rings. The minimum absolute atomic E-state index is 0.0803. The average molecular weight is 761 g/mol. The van der Waals surface area contributed by atoms with E-state index in [2.05, 4.69) is 30.5 Å². The number of pyridine rings is 1. The summed E-state index contributed by atoms with van der Waals surface area (Å²) in [6, 6.07) is 17.0. The highest BCUT2D eigenvalue weighted by Gasteiger charge is 2.38. The van der Waals surface area contributed by atoms with E-state index in [-0.39, 0.29) is 35.4 Å². The third kappa shape index (κ3) is 8.19. The molecule has 4 heterocycles. The SMILES string of the molecule is Cc1nc(NC(C)c2cccc(C(F)F)c2F)c2cc(-c3cccc(CN4CCC(c5ccc(C6CCC(=O)NC6=O)cc5C(F)(F)F)CC4)c3)ncc2n1. The van der Waals surface area contributed by atoms with E-state index in [9.17, 15) is 35.9 Å². The van der Waals surface area contributed by atoms with Crippen LogP contribution in [0.15, 0.2) is 72.9 Å². The summed E-state index contributed by atoms with van der Waals surface area (Å²) >= 11 is 0. The van der Waals surface area contributed by atoms with Crippen LogP contribution < -0.4 is 10.6 Å². The summed E-state index contributed by atoms with van der Waals surface area (Å²) in [5.74, 6) is -2.22. The zero-order valence-corrected chi connectivity index (χ0v) is 30.1. The van der Waals surface area contributed by atoms with Gasteiger partial charge in [0.05, 0.1) is 40.5 Å². The molecule has 0 radical (unpaired) electrons. The molecule has 2 unspecified atom stereocenters. The monoisotopic (exact) mass is 760 g/mol. The molecule has 2 aromatic heterocycles. The number of carbonyl (C=O) groups is 2. The Hall–Kier alpha value is -5.37. The molecular formula is C41H38F6N6O2. The Balaban J connectivity index is 1.06. The zero-order valence-electron chi connectivity index (χ0n) is 30.1. The van der Waals surface area contributed by atoms with Gasteiger partial charge in [0.25, 0.3) is 6.43 Å². The minimum Gasteiger partial charge on any atom is -0.363 e. The molecule has 7 rings (SSSR count). The smallest absolute Gasteiger partial charge is 0.363 e. The van der Waals surface area contributed by atoms with Crippen LogP contribution in [0.1, 0.15) is 96.1 Å². The van der Waals surface area contributed by atoms with Gasteiger partial charge in [0.15, 0.2) is 0 Å². The van der Waals surface area contributed by atoms with Crippen LogP contribution in [0.25, 0.3) is 22.2 Å². The predicted octanol–water partition coefficient (Wildman–Crippen LogP) is 9.17. The van der Waals surface area contributed by atoms with Crippen molar-refractivity contribution < 1.29 is 35.9 Å². The van der Waals surface area contributed by atoms with E-state index in [4.69, 9.17) is 0 Å². The molecule has 2 amide bonds. The van der Waals surface area contributed by atoms with Crippen LogP contribution in [0.2, 0.25) is 0 Å². The fraction of sp³-hybridized carbons (Fsp3) is 0.341. The number of likely N-dealkylation sites (tertiary alicyclic amines) is 1. The first kappa shape index (κ1) is 37.9. The van der Waals surface area contributed by atoms with Gasteiger partial charge >= 0.3 is 6.18 Å². The molecule has 2 aliphatic rings. The van der Waals surface area contributed by atoms with Crippen molar-refractivity contribution in [3.63, 3.8) is 0 Å². The van der Waals surface area contributed by atoms with Crippen LogP contribution in [-0.4, -0.2) is 44.8 Å². The highest BCUT2D eigenvalue weighted by Crippen LogP contribution is 2.41. The lowest BCUT2D eigenvalue weighted by atomic mass is 9.82. The Kier molecular flexibility index (Phi) is 10.6. The maximum Gasteiger partial charge on any atom is 0.416 e. The van der Waals surface area contributed by atoms with Gasteiger partial charge in [0, 0.05) is 29.5 Å². The van der Waals surface area contributed by atoms with E-state index in [1.165, 1.54) is 18.2 Å². The average Bonchev–Trinajstić information content (AvgIpc) is 3.14. The predicted molar refractivity (Wildman–Crippen MR) is 195 cm³/mol. The molecule has 3 aromatic carbocycles. The van der Waals surface area contributed by atoms with Gasteiger partial charge in [0.2, 0.25) is 11.8 Å². The number of benzene rings is 3. The maximum absolute atomic E-state index is 15.0. The number of rotatable bonds is 9. The molecule has 0 bridgehead atoms. The molecule has 2 N–H and O–H groups in total. The van der Waals surface area contributed by atoms with Crippen LogP contribution >= 0.6 is 0 Å². The number of imide groups is 1. The van der Waals surface area contributed by atoms with Crippen LogP contribution in [0, 0.1) is 12.7 Å². The second-order valence-corrected chi connectivity index (χ2v) is 14.2. The van der Waals surface area contributed by atoms with Crippen LogP contribution in [0.5, 0.6) is 0 Å². The number of nitrogens with zero attached hydrogens (tertiary/aromatic N) is 4. The summed E-state index contributed by atoms with van der Waals surface area (Å²) in [4.78, 5) is 39.8. The fourth-order valence-electron chi connectivity index (χ4n) is 7.66. The number of amides is 2. The van der Waals surface area contributed by atoms with Crippen LogP contribution in [0.3, 0.4) is 0 Å². The molecule has 0 aliphatic carbocycles. The summed E-state index contributed by atoms with van der Waals surface area (Å²) in [6.45, 7) is 5.12. The van der Waals surface area contributed by atoms with Crippen molar-refractivity contribution in [2.45, 2.75) is 76.6 Å². The van der Waals surface area contributed by atoms with E-state index in [1.54, 1.807) is 26.1 Å². The van der Waals surface area contributed by atoms with Gasteiger partial charge in [-0.15, -0.1) is 0 Å². The number of hydrogen-bond acceptors (Lipinski definition) is 7. The molecule has 5 aromatic rings. The Morgan fingerprint density at radius 1 is 0.945 bits per heavy atom. The summed E-state index contributed by atoms with van der Waals surface area (Å²) < 4.78 is 84.8. The van der Waals surface area contributed by atoms with Gasteiger partial charge in [-0.1, -0.05) is 48.5 Å². The Bertz CT molecular complexity index is 2260. The van der Waals surface area contributed by atoms with Gasteiger partial charge in [-0.3, -0.25) is 24.8 Å². The van der Waals surface area contributed by atoms with E-state index >= 15 is 0 Å². The maximum atomic E-state index is 15.0. The van der Waals surface area contributed by atoms with Crippen LogP contribution in [-0.2, 0) is 22.3 Å². The third-order valence-corrected chi connectivity index (χ3v) is 10.5. The normalized spacial score (nSPS) is 17.8. The lowest BCUT2D eigenvalue weighted by Gasteiger charge is -2.33. The second-order valence-electron chi connectivity index (χ2n) is 14.2. The quantitative estimate of drug-likeness (QED) is 0.114. The fourth-order valence-corrected chi connectivity index (χ4v) is 7.66. The molecule has 14 heteroatoms. The van der Waals surface area contributed by atoms with Gasteiger partial charge in [-0.2, -0.15) is 13.2 Å². The van der Waals surface area contributed by atoms with Crippen molar-refractivity contribution in [2.75, 3.05) is 18.4 Å². The topological polar surface area (TPSA) is 100 Å². The van der Waals surface area contributed by atoms with E-state index in [1.807, 2.05) is 30.3 Å². The number of hydrogen-bond donors (Lipinski definition) is 2. The molecule has 8 nitrogen and oxygen atoms in total. The number of fused-ring (bicyclic) bond motifs is 1. The Labute approximate surface area is 313 Å². The lowest BCUT2D eigenvalue weighted by molar-refractivity contribution is -0.139. The minimum atomic E-state index is -4.60. The zero-order chi connectivity index (χ0) is 39.0. The summed E-state index contributed by atoms with van der Waals surface area (Å²) in [7, 11) is 0. The molecule has 0 spiro atoms. The third-order valence-electron chi connectivity index (χ3n) is 10.5. The van der Waals surface area contributed by atoms with Gasteiger partial charge in [-0.25, -0.2) is 23.1 Å². The first-order valence-electron chi connectivity index (χ1n) is 18.1. The van der Waals surface area contributed by atoms with Crippen molar-refractivity contribution in [3.05, 3.63) is 118 Å². The Morgan fingerprint density at radius 2 is 1.69 bits per heavy atom. The number of nitrogens with one attached hydrogen (secondary N) is 2. The molecule has 2 aliphatic heterocycles. The first-order chi connectivity index (χ1) is 26.2. The van der Waals surface area contributed by atoms with Gasteiger partial charge < -0.3 is 5.32 Å². The Morgan fingerprint density at radius 3 is 2.42 bits per heavy atom.